The zero-order chi connectivity index (χ0) is 22.7. The van der Waals surface area contributed by atoms with Gasteiger partial charge in [-0.1, -0.05) is 46.3 Å². The first-order chi connectivity index (χ1) is 15.3. The van der Waals surface area contributed by atoms with Gasteiger partial charge in [0, 0.05) is 33.3 Å². The van der Waals surface area contributed by atoms with Gasteiger partial charge in [-0.05, 0) is 55.8 Å². The number of halogens is 3. The van der Waals surface area contributed by atoms with Gasteiger partial charge in [0.05, 0.1) is 11.3 Å². The second-order valence-corrected chi connectivity index (χ2v) is 10.6. The van der Waals surface area contributed by atoms with Crippen molar-refractivity contribution in [1.29, 1.82) is 0 Å². The molecule has 4 rings (SSSR count). The Hall–Kier alpha value is -2.23. The fraction of sp³-hybridized carbons (Fsp3) is 0.304. The molecule has 0 saturated carbocycles. The van der Waals surface area contributed by atoms with Crippen molar-refractivity contribution < 1.29 is 17.2 Å². The second kappa shape index (κ2) is 9.72. The molecule has 9 heteroatoms. The highest BCUT2D eigenvalue weighted by Crippen LogP contribution is 2.36. The quantitative estimate of drug-likeness (QED) is 0.435. The smallest absolute Gasteiger partial charge is 0.266 e. The lowest BCUT2D eigenvalue weighted by molar-refractivity contribution is 0.153. The van der Waals surface area contributed by atoms with Crippen molar-refractivity contribution in [3.63, 3.8) is 0 Å². The molecule has 3 aromatic rings. The Labute approximate surface area is 194 Å². The van der Waals surface area contributed by atoms with Gasteiger partial charge >= 0.3 is 0 Å². The number of hydrogen-bond donors (Lipinski definition) is 2. The lowest BCUT2D eigenvalue weighted by Crippen LogP contribution is -2.35. The minimum atomic E-state index is -3.88. The van der Waals surface area contributed by atoms with Gasteiger partial charge in [-0.15, -0.1) is 0 Å². The van der Waals surface area contributed by atoms with Crippen molar-refractivity contribution in [2.45, 2.75) is 25.3 Å². The first kappa shape index (κ1) is 22.9. The number of alkyl halides is 2. The molecule has 0 amide bonds. The van der Waals surface area contributed by atoms with Crippen molar-refractivity contribution in [2.75, 3.05) is 24.2 Å². The standard InChI is InChI=1S/C23H24BrF2N3O2S/c24-17-8-6-16(7-9-17)3-2-14-32(30,31)29-15-19(23(25)26)22-20(4-1-5-21(22)29)28-18-10-12-27-13-11-18/h1-9,15,18,23,27-28H,10-14H2. The third kappa shape index (κ3) is 5.05. The largest absolute Gasteiger partial charge is 0.382 e. The molecule has 1 saturated heterocycles. The fourth-order valence-electron chi connectivity index (χ4n) is 3.95. The van der Waals surface area contributed by atoms with Crippen molar-refractivity contribution >= 4 is 48.6 Å². The van der Waals surface area contributed by atoms with E-state index in [9.17, 15) is 17.2 Å². The van der Waals surface area contributed by atoms with Crippen LogP contribution in [-0.2, 0) is 10.0 Å². The number of anilines is 1. The molecule has 32 heavy (non-hydrogen) atoms. The highest BCUT2D eigenvalue weighted by molar-refractivity contribution is 9.10. The average Bonchev–Trinajstić information content (AvgIpc) is 3.18. The van der Waals surface area contributed by atoms with Gasteiger partial charge in [0.1, 0.15) is 0 Å². The van der Waals surface area contributed by atoms with E-state index in [0.29, 0.717) is 5.69 Å². The Kier molecular flexibility index (Phi) is 6.97. The number of nitrogens with zero attached hydrogens (tertiary/aromatic N) is 1. The summed E-state index contributed by atoms with van der Waals surface area (Å²) in [5.41, 5.74) is 1.38. The van der Waals surface area contributed by atoms with Crippen LogP contribution in [0.5, 0.6) is 0 Å². The maximum absolute atomic E-state index is 13.9. The molecular formula is C23H24BrF2N3O2S. The van der Waals surface area contributed by atoms with E-state index in [1.165, 1.54) is 6.08 Å². The molecule has 0 bridgehead atoms. The zero-order valence-electron chi connectivity index (χ0n) is 17.3. The van der Waals surface area contributed by atoms with E-state index in [4.69, 9.17) is 0 Å². The molecule has 170 valence electrons. The summed E-state index contributed by atoms with van der Waals surface area (Å²) in [6.07, 6.45) is 3.26. The summed E-state index contributed by atoms with van der Waals surface area (Å²) in [5, 5.41) is 6.89. The molecule has 2 aromatic carbocycles. The molecule has 1 aromatic heterocycles. The summed E-state index contributed by atoms with van der Waals surface area (Å²) in [6, 6.07) is 12.6. The summed E-state index contributed by atoms with van der Waals surface area (Å²) >= 11 is 3.36. The highest BCUT2D eigenvalue weighted by Gasteiger charge is 2.25. The van der Waals surface area contributed by atoms with Gasteiger partial charge in [-0.25, -0.2) is 21.2 Å². The summed E-state index contributed by atoms with van der Waals surface area (Å²) in [6.45, 7) is 1.71. The molecular weight excluding hydrogens is 500 g/mol. The number of benzene rings is 2. The molecule has 0 spiro atoms. The van der Waals surface area contributed by atoms with Crippen LogP contribution in [0.4, 0.5) is 14.5 Å². The molecule has 0 aliphatic carbocycles. The zero-order valence-corrected chi connectivity index (χ0v) is 19.7. The molecule has 0 unspecified atom stereocenters. The Morgan fingerprint density at radius 1 is 1.16 bits per heavy atom. The van der Waals surface area contributed by atoms with Gasteiger partial charge < -0.3 is 10.6 Å². The van der Waals surface area contributed by atoms with Crippen LogP contribution in [0.2, 0.25) is 0 Å². The number of nitrogens with one attached hydrogen (secondary N) is 2. The van der Waals surface area contributed by atoms with Crippen LogP contribution >= 0.6 is 15.9 Å². The first-order valence-corrected chi connectivity index (χ1v) is 12.8. The van der Waals surface area contributed by atoms with Crippen molar-refractivity contribution in [3.8, 4) is 0 Å². The summed E-state index contributed by atoms with van der Waals surface area (Å²) in [4.78, 5) is 0. The monoisotopic (exact) mass is 523 g/mol. The number of hydrogen-bond acceptors (Lipinski definition) is 4. The third-order valence-electron chi connectivity index (χ3n) is 5.55. The van der Waals surface area contributed by atoms with Crippen molar-refractivity contribution in [3.05, 3.63) is 70.3 Å². The van der Waals surface area contributed by atoms with Crippen LogP contribution in [0.1, 0.15) is 30.4 Å². The van der Waals surface area contributed by atoms with Crippen LogP contribution in [0.3, 0.4) is 0 Å². The molecule has 0 atom stereocenters. The Balaban J connectivity index is 1.67. The Bertz CT molecular complexity index is 1220. The molecule has 1 aliphatic rings. The summed E-state index contributed by atoms with van der Waals surface area (Å²) in [7, 11) is -3.88. The third-order valence-corrected chi connectivity index (χ3v) is 7.59. The van der Waals surface area contributed by atoms with E-state index in [1.54, 1.807) is 24.3 Å². The first-order valence-electron chi connectivity index (χ1n) is 10.4. The van der Waals surface area contributed by atoms with Gasteiger partial charge in [-0.3, -0.25) is 0 Å². The van der Waals surface area contributed by atoms with E-state index in [0.717, 1.165) is 46.1 Å². The van der Waals surface area contributed by atoms with Crippen molar-refractivity contribution in [1.82, 2.24) is 9.29 Å². The van der Waals surface area contributed by atoms with Crippen LogP contribution < -0.4 is 10.6 Å². The number of aromatic nitrogens is 1. The van der Waals surface area contributed by atoms with Crippen LogP contribution in [0, 0.1) is 0 Å². The lowest BCUT2D eigenvalue weighted by Gasteiger charge is -2.25. The lowest BCUT2D eigenvalue weighted by atomic mass is 10.0. The van der Waals surface area contributed by atoms with E-state index in [2.05, 4.69) is 26.6 Å². The number of rotatable bonds is 7. The molecule has 1 fully saturated rings. The van der Waals surface area contributed by atoms with Crippen LogP contribution in [0.25, 0.3) is 17.0 Å². The summed E-state index contributed by atoms with van der Waals surface area (Å²) in [5.74, 6) is -0.304. The summed E-state index contributed by atoms with van der Waals surface area (Å²) < 4.78 is 55.8. The molecule has 2 heterocycles. The minimum absolute atomic E-state index is 0.154. The highest BCUT2D eigenvalue weighted by atomic mass is 79.9. The molecule has 5 nitrogen and oxygen atoms in total. The maximum atomic E-state index is 13.9. The number of piperidine rings is 1. The topological polar surface area (TPSA) is 63.1 Å². The molecule has 2 N–H and O–H groups in total. The Morgan fingerprint density at radius 2 is 1.88 bits per heavy atom. The van der Waals surface area contributed by atoms with E-state index in [-0.39, 0.29) is 28.3 Å². The van der Waals surface area contributed by atoms with E-state index < -0.39 is 16.4 Å². The van der Waals surface area contributed by atoms with Crippen molar-refractivity contribution in [2.24, 2.45) is 0 Å². The van der Waals surface area contributed by atoms with E-state index in [1.807, 2.05) is 24.3 Å². The average molecular weight is 524 g/mol. The molecule has 1 aliphatic heterocycles. The normalized spacial score (nSPS) is 15.8. The van der Waals surface area contributed by atoms with E-state index >= 15 is 0 Å². The van der Waals surface area contributed by atoms with Gasteiger partial charge in [0.15, 0.2) is 0 Å². The van der Waals surface area contributed by atoms with Gasteiger partial charge in [0.2, 0.25) is 10.0 Å². The van der Waals surface area contributed by atoms with Crippen LogP contribution in [0.15, 0.2) is 59.2 Å². The second-order valence-electron chi connectivity index (χ2n) is 7.78. The van der Waals surface area contributed by atoms with Gasteiger partial charge in [-0.2, -0.15) is 0 Å². The predicted octanol–water partition coefficient (Wildman–Crippen LogP) is 5.40. The maximum Gasteiger partial charge on any atom is 0.266 e. The Morgan fingerprint density at radius 3 is 2.56 bits per heavy atom. The SMILES string of the molecule is O=S(=O)(CC=Cc1ccc(Br)cc1)n1cc(C(F)F)c2c(NC3CCNCC3)cccc21. The van der Waals surface area contributed by atoms with Crippen LogP contribution in [-0.4, -0.2) is 37.3 Å². The molecule has 0 radical (unpaired) electrons. The van der Waals surface area contributed by atoms with Gasteiger partial charge in [0.25, 0.3) is 6.43 Å². The minimum Gasteiger partial charge on any atom is -0.382 e. The number of fused-ring (bicyclic) bond motifs is 1. The fourth-order valence-corrected chi connectivity index (χ4v) is 5.44. The predicted molar refractivity (Wildman–Crippen MR) is 129 cm³/mol.